The van der Waals surface area contributed by atoms with Gasteiger partial charge in [-0.15, -0.1) is 0 Å². The molecule has 6 nitrogen and oxygen atoms in total. The molecule has 1 aromatic rings. The number of nitrogens with one attached hydrogen (secondary N) is 1. The van der Waals surface area contributed by atoms with Crippen LogP contribution >= 0.6 is 0 Å². The van der Waals surface area contributed by atoms with Crippen molar-refractivity contribution in [3.63, 3.8) is 0 Å². The number of nitrogens with zero attached hydrogens (tertiary/aromatic N) is 1. The number of hydrogen-bond acceptors (Lipinski definition) is 5. The average Bonchev–Trinajstić information content (AvgIpc) is 2.95. The van der Waals surface area contributed by atoms with Crippen molar-refractivity contribution in [1.29, 1.82) is 0 Å². The van der Waals surface area contributed by atoms with Crippen molar-refractivity contribution in [2.45, 2.75) is 32.9 Å². The summed E-state index contributed by atoms with van der Waals surface area (Å²) < 4.78 is 16.5. The molecule has 2 atom stereocenters. The molecule has 1 aliphatic heterocycles. The first-order valence-corrected chi connectivity index (χ1v) is 7.89. The molecule has 22 heavy (non-hydrogen) atoms. The number of hydrogen-bond donors (Lipinski definition) is 1. The molecule has 2 heterocycles. The lowest BCUT2D eigenvalue weighted by molar-refractivity contribution is -0.131. The van der Waals surface area contributed by atoms with Crippen molar-refractivity contribution in [2.24, 2.45) is 0 Å². The monoisotopic (exact) mass is 310 g/mol. The van der Waals surface area contributed by atoms with Crippen molar-refractivity contribution < 1.29 is 18.7 Å². The molecule has 1 amide bonds. The van der Waals surface area contributed by atoms with Gasteiger partial charge in [0.05, 0.1) is 19.3 Å². The zero-order valence-electron chi connectivity index (χ0n) is 13.6. The maximum Gasteiger partial charge on any atom is 0.248 e. The molecule has 1 N–H and O–H groups in total. The van der Waals surface area contributed by atoms with Crippen LogP contribution in [0.2, 0.25) is 0 Å². The van der Waals surface area contributed by atoms with Gasteiger partial charge in [0.1, 0.15) is 17.6 Å². The van der Waals surface area contributed by atoms with Gasteiger partial charge in [-0.1, -0.05) is 0 Å². The SMILES string of the molecule is CCO[C@H](C)C(=O)NC[C@@H](c1ccc(C)o1)N1CCOCC1. The highest BCUT2D eigenvalue weighted by Crippen LogP contribution is 2.23. The van der Waals surface area contributed by atoms with E-state index in [-0.39, 0.29) is 11.9 Å². The Bertz CT molecular complexity index is 468. The first-order chi connectivity index (χ1) is 10.6. The molecule has 0 unspecified atom stereocenters. The number of aryl methyl sites for hydroxylation is 1. The van der Waals surface area contributed by atoms with Gasteiger partial charge in [0.25, 0.3) is 0 Å². The fourth-order valence-electron chi connectivity index (χ4n) is 2.60. The number of rotatable bonds is 7. The van der Waals surface area contributed by atoms with Gasteiger partial charge in [-0.3, -0.25) is 9.69 Å². The minimum absolute atomic E-state index is 0.0235. The minimum atomic E-state index is -0.436. The van der Waals surface area contributed by atoms with Gasteiger partial charge in [0.15, 0.2) is 0 Å². The zero-order chi connectivity index (χ0) is 15.9. The zero-order valence-corrected chi connectivity index (χ0v) is 13.6. The molecule has 2 rings (SSSR count). The lowest BCUT2D eigenvalue weighted by Gasteiger charge is -2.33. The predicted octanol–water partition coefficient (Wildman–Crippen LogP) is 1.50. The van der Waals surface area contributed by atoms with E-state index in [9.17, 15) is 4.79 Å². The van der Waals surface area contributed by atoms with Gasteiger partial charge >= 0.3 is 0 Å². The second-order valence-corrected chi connectivity index (χ2v) is 5.46. The second kappa shape index (κ2) is 8.31. The van der Waals surface area contributed by atoms with Crippen molar-refractivity contribution >= 4 is 5.91 Å². The van der Waals surface area contributed by atoms with E-state index >= 15 is 0 Å². The van der Waals surface area contributed by atoms with E-state index in [0.717, 1.165) is 24.6 Å². The molecular weight excluding hydrogens is 284 g/mol. The molecule has 124 valence electrons. The molecule has 0 saturated carbocycles. The summed E-state index contributed by atoms with van der Waals surface area (Å²) in [7, 11) is 0. The largest absolute Gasteiger partial charge is 0.465 e. The Hall–Kier alpha value is -1.37. The van der Waals surface area contributed by atoms with Crippen LogP contribution in [0, 0.1) is 6.92 Å². The van der Waals surface area contributed by atoms with E-state index < -0.39 is 6.10 Å². The van der Waals surface area contributed by atoms with Crippen molar-refractivity contribution in [1.82, 2.24) is 10.2 Å². The second-order valence-electron chi connectivity index (χ2n) is 5.46. The van der Waals surface area contributed by atoms with Gasteiger partial charge in [-0.25, -0.2) is 0 Å². The van der Waals surface area contributed by atoms with Crippen LogP contribution in [0.4, 0.5) is 0 Å². The lowest BCUT2D eigenvalue weighted by Crippen LogP contribution is -2.45. The Labute approximate surface area is 131 Å². The fraction of sp³-hybridized carbons (Fsp3) is 0.688. The molecule has 0 radical (unpaired) electrons. The van der Waals surface area contributed by atoms with Crippen LogP contribution in [-0.4, -0.2) is 56.4 Å². The van der Waals surface area contributed by atoms with Gasteiger partial charge in [-0.2, -0.15) is 0 Å². The summed E-state index contributed by atoms with van der Waals surface area (Å²) in [5, 5.41) is 2.97. The molecule has 0 bridgehead atoms. The highest BCUT2D eigenvalue weighted by molar-refractivity contribution is 5.80. The lowest BCUT2D eigenvalue weighted by atomic mass is 10.1. The Morgan fingerprint density at radius 2 is 2.14 bits per heavy atom. The fourth-order valence-corrected chi connectivity index (χ4v) is 2.60. The predicted molar refractivity (Wildman–Crippen MR) is 82.7 cm³/mol. The first kappa shape index (κ1) is 17.0. The van der Waals surface area contributed by atoms with Gasteiger partial charge in [0.2, 0.25) is 5.91 Å². The molecule has 0 aliphatic carbocycles. The van der Waals surface area contributed by atoms with Crippen LogP contribution < -0.4 is 5.32 Å². The number of morpholine rings is 1. The quantitative estimate of drug-likeness (QED) is 0.827. The summed E-state index contributed by atoms with van der Waals surface area (Å²) in [5.74, 6) is 1.66. The number of carbonyl (C=O) groups excluding carboxylic acids is 1. The minimum Gasteiger partial charge on any atom is -0.465 e. The number of carbonyl (C=O) groups is 1. The molecular formula is C16H26N2O4. The number of amides is 1. The molecule has 0 spiro atoms. The third-order valence-electron chi connectivity index (χ3n) is 3.83. The van der Waals surface area contributed by atoms with Gasteiger partial charge in [0, 0.05) is 26.2 Å². The Balaban J connectivity index is 2.00. The van der Waals surface area contributed by atoms with Crippen LogP contribution in [0.1, 0.15) is 31.4 Å². The third-order valence-corrected chi connectivity index (χ3v) is 3.83. The van der Waals surface area contributed by atoms with Crippen molar-refractivity contribution in [3.8, 4) is 0 Å². The smallest absolute Gasteiger partial charge is 0.248 e. The maximum absolute atomic E-state index is 12.0. The summed E-state index contributed by atoms with van der Waals surface area (Å²) in [5.41, 5.74) is 0. The van der Waals surface area contributed by atoms with E-state index in [1.165, 1.54) is 0 Å². The molecule has 1 fully saturated rings. The summed E-state index contributed by atoms with van der Waals surface area (Å²) in [6, 6.07) is 3.96. The van der Waals surface area contributed by atoms with Gasteiger partial charge < -0.3 is 19.2 Å². The van der Waals surface area contributed by atoms with E-state index in [2.05, 4.69) is 10.2 Å². The van der Waals surface area contributed by atoms with E-state index in [4.69, 9.17) is 13.9 Å². The summed E-state index contributed by atoms with van der Waals surface area (Å²) >= 11 is 0. The van der Waals surface area contributed by atoms with Crippen molar-refractivity contribution in [3.05, 3.63) is 23.7 Å². The highest BCUT2D eigenvalue weighted by atomic mass is 16.5. The van der Waals surface area contributed by atoms with Crippen LogP contribution in [0.25, 0.3) is 0 Å². The summed E-state index contributed by atoms with van der Waals surface area (Å²) in [6.07, 6.45) is -0.436. The highest BCUT2D eigenvalue weighted by Gasteiger charge is 2.26. The normalized spacial score (nSPS) is 18.9. The summed E-state index contributed by atoms with van der Waals surface area (Å²) in [6.45, 7) is 9.69. The van der Waals surface area contributed by atoms with Gasteiger partial charge in [-0.05, 0) is 32.9 Å². The maximum atomic E-state index is 12.0. The van der Waals surface area contributed by atoms with Crippen LogP contribution in [-0.2, 0) is 14.3 Å². The Morgan fingerprint density at radius 3 is 2.73 bits per heavy atom. The van der Waals surface area contributed by atoms with E-state index in [0.29, 0.717) is 26.4 Å². The molecule has 0 aromatic carbocycles. The standard InChI is InChI=1S/C16H26N2O4/c1-4-21-13(3)16(19)17-11-14(15-6-5-12(2)22-15)18-7-9-20-10-8-18/h5-6,13-14H,4,7-11H2,1-3H3,(H,17,19)/t13-,14+/m1/s1. The van der Waals surface area contributed by atoms with E-state index in [1.54, 1.807) is 6.92 Å². The topological polar surface area (TPSA) is 63.9 Å². The molecule has 6 heteroatoms. The Kier molecular flexibility index (Phi) is 6.42. The molecule has 1 aliphatic rings. The third kappa shape index (κ3) is 4.56. The first-order valence-electron chi connectivity index (χ1n) is 7.89. The average molecular weight is 310 g/mol. The van der Waals surface area contributed by atoms with Crippen LogP contribution in [0.15, 0.2) is 16.5 Å². The van der Waals surface area contributed by atoms with Crippen LogP contribution in [0.5, 0.6) is 0 Å². The van der Waals surface area contributed by atoms with Crippen LogP contribution in [0.3, 0.4) is 0 Å². The number of furan rings is 1. The number of ether oxygens (including phenoxy) is 2. The summed E-state index contributed by atoms with van der Waals surface area (Å²) in [4.78, 5) is 14.3. The van der Waals surface area contributed by atoms with E-state index in [1.807, 2.05) is 26.0 Å². The molecule has 1 saturated heterocycles. The Morgan fingerprint density at radius 1 is 1.41 bits per heavy atom. The van der Waals surface area contributed by atoms with Crippen molar-refractivity contribution in [2.75, 3.05) is 39.5 Å². The molecule has 1 aromatic heterocycles.